The van der Waals surface area contributed by atoms with E-state index in [1.165, 1.54) is 18.4 Å². The Morgan fingerprint density at radius 3 is 2.90 bits per heavy atom. The topological polar surface area (TPSA) is 33.7 Å². The molecule has 0 amide bonds. The maximum absolute atomic E-state index is 6.25. The van der Waals surface area contributed by atoms with E-state index in [0.29, 0.717) is 19.4 Å². The molecule has 1 saturated heterocycles. The van der Waals surface area contributed by atoms with Gasteiger partial charge in [0, 0.05) is 28.7 Å². The van der Waals surface area contributed by atoms with Crippen molar-refractivity contribution in [1.82, 2.24) is 10.2 Å². The number of nitrogens with zero attached hydrogens (tertiary/aromatic N) is 1. The summed E-state index contributed by atoms with van der Waals surface area (Å²) in [5.41, 5.74) is 2.24. The Morgan fingerprint density at radius 1 is 1.33 bits per heavy atom. The summed E-state index contributed by atoms with van der Waals surface area (Å²) in [4.78, 5) is 2.53. The third-order valence-electron chi connectivity index (χ3n) is 4.36. The Balaban J connectivity index is 1.80. The third-order valence-corrected chi connectivity index (χ3v) is 4.57. The average molecular weight is 311 g/mol. The molecular formula is C16H23ClN2O2. The maximum atomic E-state index is 6.25. The molecule has 0 saturated carbocycles. The van der Waals surface area contributed by atoms with Gasteiger partial charge in [-0.1, -0.05) is 18.5 Å². The quantitative estimate of drug-likeness (QED) is 0.927. The van der Waals surface area contributed by atoms with Crippen LogP contribution in [0.2, 0.25) is 5.02 Å². The van der Waals surface area contributed by atoms with Gasteiger partial charge in [0.1, 0.15) is 5.75 Å². The molecule has 1 aromatic rings. The van der Waals surface area contributed by atoms with E-state index >= 15 is 0 Å². The summed E-state index contributed by atoms with van der Waals surface area (Å²) < 4.78 is 11.1. The lowest BCUT2D eigenvalue weighted by Crippen LogP contribution is -2.42. The van der Waals surface area contributed by atoms with Crippen LogP contribution < -0.4 is 10.1 Å². The molecule has 116 valence electrons. The molecule has 2 aliphatic heterocycles. The normalized spacial score (nSPS) is 19.4. The zero-order valence-corrected chi connectivity index (χ0v) is 13.3. The van der Waals surface area contributed by atoms with Crippen LogP contribution in [0.5, 0.6) is 5.75 Å². The van der Waals surface area contributed by atoms with E-state index in [-0.39, 0.29) is 0 Å². The standard InChI is InChI=1S/C16H23ClN2O2/c1-2-19(15-3-5-18-6-4-15)9-12-7-14(17)8-13-10-20-11-21-16(12)13/h7-8,15,18H,2-6,9-11H2,1H3. The lowest BCUT2D eigenvalue weighted by molar-refractivity contribution is -0.0176. The second-order valence-electron chi connectivity index (χ2n) is 5.71. The minimum atomic E-state index is 0.334. The van der Waals surface area contributed by atoms with Crippen molar-refractivity contribution in [1.29, 1.82) is 0 Å². The van der Waals surface area contributed by atoms with Crippen molar-refractivity contribution in [3.8, 4) is 5.75 Å². The van der Waals surface area contributed by atoms with Gasteiger partial charge in [-0.05, 0) is 44.6 Å². The van der Waals surface area contributed by atoms with Crippen molar-refractivity contribution in [3.63, 3.8) is 0 Å². The van der Waals surface area contributed by atoms with E-state index in [1.807, 2.05) is 12.1 Å². The van der Waals surface area contributed by atoms with Gasteiger partial charge in [0.25, 0.3) is 0 Å². The van der Waals surface area contributed by atoms with Crippen LogP contribution in [0.25, 0.3) is 0 Å². The van der Waals surface area contributed by atoms with E-state index in [1.54, 1.807) is 0 Å². The van der Waals surface area contributed by atoms with Crippen molar-refractivity contribution in [2.45, 2.75) is 39.0 Å². The zero-order chi connectivity index (χ0) is 14.7. The smallest absolute Gasteiger partial charge is 0.189 e. The first-order chi connectivity index (χ1) is 10.3. The lowest BCUT2D eigenvalue weighted by Gasteiger charge is -2.34. The van der Waals surface area contributed by atoms with E-state index in [2.05, 4.69) is 17.1 Å². The largest absolute Gasteiger partial charge is 0.467 e. The minimum Gasteiger partial charge on any atom is -0.467 e. The van der Waals surface area contributed by atoms with Crippen LogP contribution in [-0.4, -0.2) is 37.4 Å². The first-order valence-electron chi connectivity index (χ1n) is 7.74. The predicted molar refractivity (Wildman–Crippen MR) is 83.7 cm³/mol. The number of rotatable bonds is 4. The van der Waals surface area contributed by atoms with Gasteiger partial charge in [-0.2, -0.15) is 0 Å². The van der Waals surface area contributed by atoms with Crippen LogP contribution in [0.15, 0.2) is 12.1 Å². The summed E-state index contributed by atoms with van der Waals surface area (Å²) in [6, 6.07) is 4.63. The van der Waals surface area contributed by atoms with Gasteiger partial charge >= 0.3 is 0 Å². The van der Waals surface area contributed by atoms with Crippen LogP contribution in [-0.2, 0) is 17.9 Å². The van der Waals surface area contributed by atoms with Crippen molar-refractivity contribution >= 4 is 11.6 Å². The summed E-state index contributed by atoms with van der Waals surface area (Å²) >= 11 is 6.25. The van der Waals surface area contributed by atoms with Gasteiger partial charge in [-0.15, -0.1) is 0 Å². The Kier molecular flexibility index (Phi) is 5.01. The summed E-state index contributed by atoms with van der Waals surface area (Å²) in [6.07, 6.45) is 2.42. The monoisotopic (exact) mass is 310 g/mol. The summed E-state index contributed by atoms with van der Waals surface area (Å²) in [5.74, 6) is 0.970. The van der Waals surface area contributed by atoms with Crippen LogP contribution >= 0.6 is 11.6 Å². The van der Waals surface area contributed by atoms with Crippen LogP contribution in [0, 0.1) is 0 Å². The highest BCUT2D eigenvalue weighted by molar-refractivity contribution is 6.30. The molecule has 0 atom stereocenters. The summed E-state index contributed by atoms with van der Waals surface area (Å²) in [5, 5.41) is 4.19. The molecule has 3 rings (SSSR count). The van der Waals surface area contributed by atoms with Crippen molar-refractivity contribution in [2.24, 2.45) is 0 Å². The molecule has 5 heteroatoms. The first kappa shape index (κ1) is 15.1. The van der Waals surface area contributed by atoms with E-state index < -0.39 is 0 Å². The molecule has 1 fully saturated rings. The zero-order valence-electron chi connectivity index (χ0n) is 12.5. The number of ether oxygens (including phenoxy) is 2. The molecule has 0 bridgehead atoms. The van der Waals surface area contributed by atoms with Gasteiger partial charge in [0.15, 0.2) is 6.79 Å². The molecule has 0 aromatic heterocycles. The van der Waals surface area contributed by atoms with Gasteiger partial charge in [0.2, 0.25) is 0 Å². The van der Waals surface area contributed by atoms with Crippen molar-refractivity contribution < 1.29 is 9.47 Å². The van der Waals surface area contributed by atoms with E-state index in [4.69, 9.17) is 21.1 Å². The highest BCUT2D eigenvalue weighted by atomic mass is 35.5. The lowest BCUT2D eigenvalue weighted by atomic mass is 10.0. The SMILES string of the molecule is CCN(Cc1cc(Cl)cc2c1OCOC2)C1CCNCC1. The number of hydrogen-bond donors (Lipinski definition) is 1. The molecule has 21 heavy (non-hydrogen) atoms. The predicted octanol–water partition coefficient (Wildman–Crippen LogP) is 2.78. The van der Waals surface area contributed by atoms with Crippen molar-refractivity contribution in [3.05, 3.63) is 28.3 Å². The molecule has 0 radical (unpaired) electrons. The molecule has 1 aromatic carbocycles. The number of piperidine rings is 1. The Bertz CT molecular complexity index is 489. The maximum Gasteiger partial charge on any atom is 0.189 e. The number of nitrogens with one attached hydrogen (secondary N) is 1. The Hall–Kier alpha value is -0.810. The van der Waals surface area contributed by atoms with Gasteiger partial charge < -0.3 is 14.8 Å². The number of halogens is 1. The summed E-state index contributed by atoms with van der Waals surface area (Å²) in [7, 11) is 0. The van der Waals surface area contributed by atoms with Crippen molar-refractivity contribution in [2.75, 3.05) is 26.4 Å². The third kappa shape index (κ3) is 3.51. The highest BCUT2D eigenvalue weighted by Crippen LogP contribution is 2.33. The van der Waals surface area contributed by atoms with Crippen LogP contribution in [0.4, 0.5) is 0 Å². The second kappa shape index (κ2) is 6.97. The fraction of sp³-hybridized carbons (Fsp3) is 0.625. The fourth-order valence-electron chi connectivity index (χ4n) is 3.26. The first-order valence-corrected chi connectivity index (χ1v) is 8.12. The fourth-order valence-corrected chi connectivity index (χ4v) is 3.53. The molecule has 0 spiro atoms. The van der Waals surface area contributed by atoms with Crippen LogP contribution in [0.1, 0.15) is 30.9 Å². The van der Waals surface area contributed by atoms with Gasteiger partial charge in [0.05, 0.1) is 6.61 Å². The summed E-state index contributed by atoms with van der Waals surface area (Å²) in [6.45, 7) is 7.30. The van der Waals surface area contributed by atoms with E-state index in [0.717, 1.165) is 42.5 Å². The highest BCUT2D eigenvalue weighted by Gasteiger charge is 2.23. The molecule has 2 heterocycles. The van der Waals surface area contributed by atoms with E-state index in [9.17, 15) is 0 Å². The average Bonchev–Trinajstić information content (AvgIpc) is 2.53. The molecule has 2 aliphatic rings. The molecule has 0 aliphatic carbocycles. The minimum absolute atomic E-state index is 0.334. The molecule has 4 nitrogen and oxygen atoms in total. The van der Waals surface area contributed by atoms with Gasteiger partial charge in [-0.25, -0.2) is 0 Å². The van der Waals surface area contributed by atoms with Gasteiger partial charge in [-0.3, -0.25) is 4.90 Å². The van der Waals surface area contributed by atoms with Crippen LogP contribution in [0.3, 0.4) is 0 Å². The molecule has 1 N–H and O–H groups in total. The Labute approximate surface area is 131 Å². The Morgan fingerprint density at radius 2 is 2.14 bits per heavy atom. The molecule has 0 unspecified atom stereocenters. The molecular weight excluding hydrogens is 288 g/mol. The number of fused-ring (bicyclic) bond motifs is 1. The number of hydrogen-bond acceptors (Lipinski definition) is 4. The second-order valence-corrected chi connectivity index (χ2v) is 6.14. The number of benzene rings is 1.